The zero-order valence-electron chi connectivity index (χ0n) is 10.5. The molecular weight excluding hydrogens is 372 g/mol. The second-order valence-corrected chi connectivity index (χ2v) is 5.72. The monoisotopic (exact) mass is 384 g/mol. The van der Waals surface area contributed by atoms with Gasteiger partial charge < -0.3 is 10.1 Å². The fourth-order valence-electron chi connectivity index (χ4n) is 1.55. The highest BCUT2D eigenvalue weighted by atomic mass is 79.9. The first-order valence-corrected chi connectivity index (χ1v) is 7.54. The van der Waals surface area contributed by atoms with E-state index >= 15 is 0 Å². The summed E-state index contributed by atoms with van der Waals surface area (Å²) in [6.07, 6.45) is 1.82. The summed E-state index contributed by atoms with van der Waals surface area (Å²) in [5.74, 6) is 1.70. The van der Waals surface area contributed by atoms with Gasteiger partial charge >= 0.3 is 0 Å². The quantitative estimate of drug-likeness (QED) is 0.815. The van der Waals surface area contributed by atoms with E-state index in [0.717, 1.165) is 32.6 Å². The molecule has 0 saturated carbocycles. The van der Waals surface area contributed by atoms with Crippen LogP contribution in [0.5, 0.6) is 5.75 Å². The van der Waals surface area contributed by atoms with Gasteiger partial charge in [0.1, 0.15) is 18.2 Å². The number of aromatic nitrogens is 1. The maximum atomic E-state index is 5.75. The van der Waals surface area contributed by atoms with Crippen molar-refractivity contribution in [2.75, 3.05) is 11.9 Å². The molecule has 0 bridgehead atoms. The van der Waals surface area contributed by atoms with E-state index in [0.29, 0.717) is 6.61 Å². The average Bonchev–Trinajstić information content (AvgIpc) is 2.40. The van der Waals surface area contributed by atoms with E-state index in [1.54, 1.807) is 0 Å². The van der Waals surface area contributed by atoms with Crippen LogP contribution in [0.15, 0.2) is 45.5 Å². The van der Waals surface area contributed by atoms with Crippen LogP contribution in [0.2, 0.25) is 0 Å². The van der Waals surface area contributed by atoms with Crippen molar-refractivity contribution in [1.82, 2.24) is 4.98 Å². The molecule has 0 unspecified atom stereocenters. The Morgan fingerprint density at radius 2 is 2.05 bits per heavy atom. The SMILES string of the molecule is CCNc1ccc(COc2ccc(Br)cc2Br)cn1. The van der Waals surface area contributed by atoms with Crippen molar-refractivity contribution < 1.29 is 4.74 Å². The van der Waals surface area contributed by atoms with E-state index in [-0.39, 0.29) is 0 Å². The van der Waals surface area contributed by atoms with Crippen LogP contribution in [0.25, 0.3) is 0 Å². The number of hydrogen-bond donors (Lipinski definition) is 1. The van der Waals surface area contributed by atoms with Crippen LogP contribution in [-0.4, -0.2) is 11.5 Å². The Hall–Kier alpha value is -1.07. The Kier molecular flexibility index (Phi) is 5.22. The van der Waals surface area contributed by atoms with Crippen molar-refractivity contribution in [3.63, 3.8) is 0 Å². The van der Waals surface area contributed by atoms with Crippen LogP contribution < -0.4 is 10.1 Å². The summed E-state index contributed by atoms with van der Waals surface area (Å²) in [6.45, 7) is 3.41. The third-order valence-electron chi connectivity index (χ3n) is 2.47. The molecule has 1 N–H and O–H groups in total. The van der Waals surface area contributed by atoms with Gasteiger partial charge in [-0.1, -0.05) is 22.0 Å². The van der Waals surface area contributed by atoms with Crippen molar-refractivity contribution in [2.45, 2.75) is 13.5 Å². The molecule has 1 aromatic carbocycles. The van der Waals surface area contributed by atoms with Gasteiger partial charge in [0.25, 0.3) is 0 Å². The van der Waals surface area contributed by atoms with E-state index in [2.05, 4.69) is 42.2 Å². The highest BCUT2D eigenvalue weighted by Gasteiger charge is 2.02. The Morgan fingerprint density at radius 3 is 2.68 bits per heavy atom. The summed E-state index contributed by atoms with van der Waals surface area (Å²) in [5, 5.41) is 3.16. The summed E-state index contributed by atoms with van der Waals surface area (Å²) in [4.78, 5) is 4.31. The van der Waals surface area contributed by atoms with E-state index in [1.165, 1.54) is 0 Å². The molecule has 0 aliphatic carbocycles. The lowest BCUT2D eigenvalue weighted by atomic mass is 10.3. The molecule has 5 heteroatoms. The molecule has 0 aliphatic heterocycles. The predicted octanol–water partition coefficient (Wildman–Crippen LogP) is 4.62. The fraction of sp³-hybridized carbons (Fsp3) is 0.214. The van der Waals surface area contributed by atoms with Crippen molar-refractivity contribution in [2.24, 2.45) is 0 Å². The minimum atomic E-state index is 0.500. The number of ether oxygens (including phenoxy) is 1. The first-order chi connectivity index (χ1) is 9.19. The van der Waals surface area contributed by atoms with Crippen LogP contribution in [0.4, 0.5) is 5.82 Å². The molecule has 0 atom stereocenters. The second-order valence-electron chi connectivity index (χ2n) is 3.95. The predicted molar refractivity (Wildman–Crippen MR) is 84.6 cm³/mol. The maximum absolute atomic E-state index is 5.75. The number of rotatable bonds is 5. The zero-order chi connectivity index (χ0) is 13.7. The van der Waals surface area contributed by atoms with Crippen LogP contribution in [0.3, 0.4) is 0 Å². The van der Waals surface area contributed by atoms with E-state index in [4.69, 9.17) is 4.74 Å². The molecule has 1 aromatic heterocycles. The zero-order valence-corrected chi connectivity index (χ0v) is 13.7. The minimum absolute atomic E-state index is 0.500. The van der Waals surface area contributed by atoms with Crippen molar-refractivity contribution >= 4 is 37.7 Å². The molecule has 0 spiro atoms. The Bertz CT molecular complexity index is 544. The third kappa shape index (κ3) is 4.21. The molecule has 1 heterocycles. The standard InChI is InChI=1S/C14H14Br2N2O/c1-2-17-14-6-3-10(8-18-14)9-19-13-5-4-11(15)7-12(13)16/h3-8H,2,9H2,1H3,(H,17,18). The van der Waals surface area contributed by atoms with Crippen molar-refractivity contribution in [3.8, 4) is 5.75 Å². The van der Waals surface area contributed by atoms with Crippen LogP contribution in [0.1, 0.15) is 12.5 Å². The van der Waals surface area contributed by atoms with Gasteiger partial charge in [0, 0.05) is 22.8 Å². The lowest BCUT2D eigenvalue weighted by molar-refractivity contribution is 0.304. The number of halogens is 2. The van der Waals surface area contributed by atoms with Crippen molar-refractivity contribution in [3.05, 3.63) is 51.0 Å². The minimum Gasteiger partial charge on any atom is -0.488 e. The highest BCUT2D eigenvalue weighted by Crippen LogP contribution is 2.28. The number of benzene rings is 1. The van der Waals surface area contributed by atoms with Gasteiger partial charge in [0.15, 0.2) is 0 Å². The number of nitrogens with one attached hydrogen (secondary N) is 1. The molecule has 0 amide bonds. The first-order valence-electron chi connectivity index (χ1n) is 5.95. The summed E-state index contributed by atoms with van der Waals surface area (Å²) in [6, 6.07) is 9.81. The van der Waals surface area contributed by atoms with Crippen LogP contribution >= 0.6 is 31.9 Å². The first kappa shape index (κ1) is 14.3. The van der Waals surface area contributed by atoms with Gasteiger partial charge in [-0.15, -0.1) is 0 Å². The van der Waals surface area contributed by atoms with Gasteiger partial charge in [-0.3, -0.25) is 0 Å². The average molecular weight is 386 g/mol. The lowest BCUT2D eigenvalue weighted by Gasteiger charge is -2.09. The number of anilines is 1. The molecule has 0 aliphatic rings. The molecule has 19 heavy (non-hydrogen) atoms. The highest BCUT2D eigenvalue weighted by molar-refractivity contribution is 9.11. The van der Waals surface area contributed by atoms with Gasteiger partial charge in [0.2, 0.25) is 0 Å². The summed E-state index contributed by atoms with van der Waals surface area (Å²) in [5.41, 5.74) is 1.04. The van der Waals surface area contributed by atoms with Crippen LogP contribution in [0, 0.1) is 0 Å². The molecule has 0 radical (unpaired) electrons. The Balaban J connectivity index is 1.98. The van der Waals surface area contributed by atoms with Gasteiger partial charge in [-0.05, 0) is 47.1 Å². The molecule has 100 valence electrons. The van der Waals surface area contributed by atoms with Gasteiger partial charge in [-0.25, -0.2) is 4.98 Å². The Labute approximate surface area is 129 Å². The second kappa shape index (κ2) is 6.91. The van der Waals surface area contributed by atoms with Crippen molar-refractivity contribution in [1.29, 1.82) is 0 Å². The molecule has 2 aromatic rings. The lowest BCUT2D eigenvalue weighted by Crippen LogP contribution is -2.01. The normalized spacial score (nSPS) is 10.3. The van der Waals surface area contributed by atoms with Crippen LogP contribution in [-0.2, 0) is 6.61 Å². The summed E-state index contributed by atoms with van der Waals surface area (Å²) >= 11 is 6.88. The molecule has 0 saturated heterocycles. The van der Waals surface area contributed by atoms with E-state index < -0.39 is 0 Å². The number of nitrogens with zero attached hydrogens (tertiary/aromatic N) is 1. The smallest absolute Gasteiger partial charge is 0.134 e. The Morgan fingerprint density at radius 1 is 1.21 bits per heavy atom. The van der Waals surface area contributed by atoms with Gasteiger partial charge in [0.05, 0.1) is 4.47 Å². The molecular formula is C14H14Br2N2O. The van der Waals surface area contributed by atoms with E-state index in [1.807, 2.05) is 43.5 Å². The van der Waals surface area contributed by atoms with E-state index in [9.17, 15) is 0 Å². The largest absolute Gasteiger partial charge is 0.488 e. The summed E-state index contributed by atoms with van der Waals surface area (Å²) in [7, 11) is 0. The topological polar surface area (TPSA) is 34.1 Å². The molecule has 2 rings (SSSR count). The molecule has 0 fully saturated rings. The van der Waals surface area contributed by atoms with Gasteiger partial charge in [-0.2, -0.15) is 0 Å². The number of hydrogen-bond acceptors (Lipinski definition) is 3. The summed E-state index contributed by atoms with van der Waals surface area (Å²) < 4.78 is 7.70. The molecule has 3 nitrogen and oxygen atoms in total. The maximum Gasteiger partial charge on any atom is 0.134 e. The fourth-order valence-corrected chi connectivity index (χ4v) is 2.71. The third-order valence-corrected chi connectivity index (χ3v) is 3.58. The number of pyridine rings is 1.